The lowest BCUT2D eigenvalue weighted by Crippen LogP contribution is -2.32. The molecule has 150 valence electrons. The van der Waals surface area contributed by atoms with Crippen LogP contribution >= 0.6 is 0 Å². The van der Waals surface area contributed by atoms with Crippen LogP contribution in [0.2, 0.25) is 0 Å². The van der Waals surface area contributed by atoms with E-state index in [1.54, 1.807) is 14.2 Å². The number of amides is 1. The van der Waals surface area contributed by atoms with E-state index in [2.05, 4.69) is 15.5 Å². The van der Waals surface area contributed by atoms with Crippen LogP contribution in [0.25, 0.3) is 0 Å². The van der Waals surface area contributed by atoms with Crippen molar-refractivity contribution in [3.8, 4) is 11.5 Å². The predicted molar refractivity (Wildman–Crippen MR) is 108 cm³/mol. The number of piperidine rings is 1. The molecule has 2 heterocycles. The minimum Gasteiger partial charge on any atom is -0.497 e. The molecular weight excluding hydrogens is 342 g/mol. The molecule has 1 unspecified atom stereocenters. The molecule has 1 aromatic rings. The highest BCUT2D eigenvalue weighted by molar-refractivity contribution is 5.75. The van der Waals surface area contributed by atoms with E-state index in [0.717, 1.165) is 62.8 Å². The summed E-state index contributed by atoms with van der Waals surface area (Å²) in [4.78, 5) is 14.5. The quantitative estimate of drug-likeness (QED) is 0.731. The van der Waals surface area contributed by atoms with Crippen molar-refractivity contribution in [3.05, 3.63) is 18.2 Å². The highest BCUT2D eigenvalue weighted by Crippen LogP contribution is 2.31. The van der Waals surface area contributed by atoms with Gasteiger partial charge < -0.3 is 25.0 Å². The van der Waals surface area contributed by atoms with Crippen molar-refractivity contribution < 1.29 is 14.3 Å². The molecule has 3 rings (SSSR count). The van der Waals surface area contributed by atoms with Crippen LogP contribution in [0, 0.1) is 11.8 Å². The second-order valence-corrected chi connectivity index (χ2v) is 7.71. The van der Waals surface area contributed by atoms with Gasteiger partial charge in [-0.25, -0.2) is 0 Å². The summed E-state index contributed by atoms with van der Waals surface area (Å²) in [6.07, 6.45) is 5.18. The number of hydrogen-bond donors (Lipinski definition) is 2. The van der Waals surface area contributed by atoms with Crippen LogP contribution in [0.3, 0.4) is 0 Å². The molecule has 1 atom stereocenters. The van der Waals surface area contributed by atoms with Gasteiger partial charge in [-0.1, -0.05) is 0 Å². The summed E-state index contributed by atoms with van der Waals surface area (Å²) in [5.41, 5.74) is 1.12. The topological polar surface area (TPSA) is 62.8 Å². The van der Waals surface area contributed by atoms with Crippen molar-refractivity contribution >= 4 is 11.6 Å². The summed E-state index contributed by atoms with van der Waals surface area (Å²) >= 11 is 0. The molecular formula is C21H33N3O3. The van der Waals surface area contributed by atoms with E-state index >= 15 is 0 Å². The summed E-state index contributed by atoms with van der Waals surface area (Å²) in [5.74, 6) is 3.01. The summed E-state index contributed by atoms with van der Waals surface area (Å²) in [6.45, 7) is 4.90. The number of carbonyl (C=O) groups is 1. The van der Waals surface area contributed by atoms with Crippen LogP contribution in [0.15, 0.2) is 18.2 Å². The zero-order valence-electron chi connectivity index (χ0n) is 16.6. The Hall–Kier alpha value is -1.95. The van der Waals surface area contributed by atoms with Crippen LogP contribution in [-0.2, 0) is 4.79 Å². The Morgan fingerprint density at radius 2 is 1.81 bits per heavy atom. The SMILES string of the molecule is COc1cc(OC)cc(N2CCC(CNC(=O)CCC3CCNCC3)C2)c1. The van der Waals surface area contributed by atoms with Gasteiger partial charge in [-0.3, -0.25) is 4.79 Å². The van der Waals surface area contributed by atoms with Gasteiger partial charge in [0.05, 0.1) is 14.2 Å². The standard InChI is InChI=1S/C21H33N3O3/c1-26-19-11-18(12-20(13-19)27-2)24-10-7-17(15-24)14-23-21(25)4-3-16-5-8-22-9-6-16/h11-13,16-17,22H,3-10,14-15H2,1-2H3,(H,23,25). The third-order valence-corrected chi connectivity index (χ3v) is 5.81. The molecule has 6 heteroatoms. The van der Waals surface area contributed by atoms with Gasteiger partial charge >= 0.3 is 0 Å². The van der Waals surface area contributed by atoms with E-state index in [0.29, 0.717) is 18.3 Å². The molecule has 1 aromatic carbocycles. The molecule has 0 bridgehead atoms. The van der Waals surface area contributed by atoms with E-state index in [1.807, 2.05) is 18.2 Å². The van der Waals surface area contributed by atoms with Crippen molar-refractivity contribution in [2.45, 2.75) is 32.1 Å². The zero-order valence-corrected chi connectivity index (χ0v) is 16.6. The average molecular weight is 376 g/mol. The minimum absolute atomic E-state index is 0.204. The molecule has 0 spiro atoms. The first-order valence-corrected chi connectivity index (χ1v) is 10.1. The second-order valence-electron chi connectivity index (χ2n) is 7.71. The number of hydrogen-bond acceptors (Lipinski definition) is 5. The molecule has 2 saturated heterocycles. The van der Waals surface area contributed by atoms with E-state index in [9.17, 15) is 4.79 Å². The van der Waals surface area contributed by atoms with Crippen molar-refractivity contribution in [1.29, 1.82) is 0 Å². The fourth-order valence-corrected chi connectivity index (χ4v) is 4.06. The Balaban J connectivity index is 1.42. The number of nitrogens with one attached hydrogen (secondary N) is 2. The number of ether oxygens (including phenoxy) is 2. The van der Waals surface area contributed by atoms with Gasteiger partial charge in [0, 0.05) is 49.9 Å². The number of nitrogens with zero attached hydrogens (tertiary/aromatic N) is 1. The minimum atomic E-state index is 0.204. The third kappa shape index (κ3) is 5.76. The molecule has 6 nitrogen and oxygen atoms in total. The number of anilines is 1. The Morgan fingerprint density at radius 3 is 2.48 bits per heavy atom. The molecule has 0 aromatic heterocycles. The van der Waals surface area contributed by atoms with Crippen molar-refractivity contribution in [2.75, 3.05) is 51.8 Å². The smallest absolute Gasteiger partial charge is 0.220 e. The number of methoxy groups -OCH3 is 2. The van der Waals surface area contributed by atoms with Gasteiger partial charge in [-0.15, -0.1) is 0 Å². The van der Waals surface area contributed by atoms with Gasteiger partial charge in [0.1, 0.15) is 11.5 Å². The highest BCUT2D eigenvalue weighted by atomic mass is 16.5. The average Bonchev–Trinajstić information content (AvgIpc) is 3.20. The fraction of sp³-hybridized carbons (Fsp3) is 0.667. The first-order chi connectivity index (χ1) is 13.2. The monoisotopic (exact) mass is 375 g/mol. The van der Waals surface area contributed by atoms with Gasteiger partial charge in [0.2, 0.25) is 5.91 Å². The molecule has 2 aliphatic heterocycles. The molecule has 2 aliphatic rings. The lowest BCUT2D eigenvalue weighted by atomic mass is 9.93. The van der Waals surface area contributed by atoms with Crippen LogP contribution in [0.1, 0.15) is 32.1 Å². The Kier molecular flexibility index (Phi) is 7.21. The van der Waals surface area contributed by atoms with Crippen molar-refractivity contribution in [1.82, 2.24) is 10.6 Å². The predicted octanol–water partition coefficient (Wildman–Crippen LogP) is 2.43. The maximum absolute atomic E-state index is 12.2. The second kappa shape index (κ2) is 9.83. The van der Waals surface area contributed by atoms with Crippen LogP contribution < -0.4 is 25.0 Å². The fourth-order valence-electron chi connectivity index (χ4n) is 4.06. The van der Waals surface area contributed by atoms with Crippen LogP contribution in [0.5, 0.6) is 11.5 Å². The number of benzene rings is 1. The maximum atomic E-state index is 12.2. The molecule has 27 heavy (non-hydrogen) atoms. The highest BCUT2D eigenvalue weighted by Gasteiger charge is 2.24. The van der Waals surface area contributed by atoms with E-state index in [1.165, 1.54) is 12.8 Å². The summed E-state index contributed by atoms with van der Waals surface area (Å²) in [7, 11) is 3.34. The molecule has 0 saturated carbocycles. The van der Waals surface area contributed by atoms with Gasteiger partial charge in [0.25, 0.3) is 0 Å². The largest absolute Gasteiger partial charge is 0.497 e. The first kappa shape index (κ1) is 19.8. The Morgan fingerprint density at radius 1 is 1.11 bits per heavy atom. The lowest BCUT2D eigenvalue weighted by Gasteiger charge is -2.22. The van der Waals surface area contributed by atoms with Crippen LogP contribution in [-0.4, -0.2) is 52.9 Å². The van der Waals surface area contributed by atoms with Crippen molar-refractivity contribution in [2.24, 2.45) is 11.8 Å². The van der Waals surface area contributed by atoms with E-state index in [4.69, 9.17) is 9.47 Å². The normalized spacial score (nSPS) is 20.5. The summed E-state index contributed by atoms with van der Waals surface area (Å²) in [6, 6.07) is 5.98. The maximum Gasteiger partial charge on any atom is 0.220 e. The molecule has 1 amide bonds. The molecule has 2 fully saturated rings. The Labute approximate surface area is 162 Å². The summed E-state index contributed by atoms with van der Waals surface area (Å²) in [5, 5.41) is 6.53. The number of carbonyl (C=O) groups excluding carboxylic acids is 1. The van der Waals surface area contributed by atoms with E-state index in [-0.39, 0.29) is 5.91 Å². The molecule has 0 aliphatic carbocycles. The van der Waals surface area contributed by atoms with E-state index < -0.39 is 0 Å². The lowest BCUT2D eigenvalue weighted by molar-refractivity contribution is -0.121. The van der Waals surface area contributed by atoms with Gasteiger partial charge in [-0.05, 0) is 50.6 Å². The van der Waals surface area contributed by atoms with Gasteiger partial charge in [0.15, 0.2) is 0 Å². The summed E-state index contributed by atoms with van der Waals surface area (Å²) < 4.78 is 10.7. The first-order valence-electron chi connectivity index (χ1n) is 10.1. The van der Waals surface area contributed by atoms with Crippen LogP contribution in [0.4, 0.5) is 5.69 Å². The third-order valence-electron chi connectivity index (χ3n) is 5.81. The molecule has 2 N–H and O–H groups in total. The Bertz CT molecular complexity index is 594. The van der Waals surface area contributed by atoms with Gasteiger partial charge in [-0.2, -0.15) is 0 Å². The molecule has 0 radical (unpaired) electrons. The number of rotatable bonds is 8. The van der Waals surface area contributed by atoms with Crippen molar-refractivity contribution in [3.63, 3.8) is 0 Å². The zero-order chi connectivity index (χ0) is 19.1.